The van der Waals surface area contributed by atoms with Gasteiger partial charge in [-0.2, -0.15) is 0 Å². The van der Waals surface area contributed by atoms with E-state index in [0.29, 0.717) is 17.1 Å². The van der Waals surface area contributed by atoms with E-state index >= 15 is 0 Å². The third-order valence-corrected chi connectivity index (χ3v) is 10.1. The van der Waals surface area contributed by atoms with Crippen LogP contribution in [0.15, 0.2) is 59.8 Å². The predicted molar refractivity (Wildman–Crippen MR) is 176 cm³/mol. The Labute approximate surface area is 263 Å². The molecule has 1 aliphatic heterocycles. The zero-order valence-electron chi connectivity index (χ0n) is 26.4. The quantitative estimate of drug-likeness (QED) is 0.0753. The molecule has 0 saturated carbocycles. The number of anilines is 1. The smallest absolute Gasteiger partial charge is 0.305 e. The summed E-state index contributed by atoms with van der Waals surface area (Å²) in [5, 5.41) is 0.671. The number of nitrogens with zero attached hydrogens (tertiary/aromatic N) is 2. The first-order chi connectivity index (χ1) is 21.0. The highest BCUT2D eigenvalue weighted by molar-refractivity contribution is 8.01. The van der Waals surface area contributed by atoms with Crippen molar-refractivity contribution in [3.63, 3.8) is 0 Å². The van der Waals surface area contributed by atoms with Crippen LogP contribution >= 0.6 is 11.8 Å². The number of rotatable bonds is 22. The Hall–Kier alpha value is -2.67. The van der Waals surface area contributed by atoms with Gasteiger partial charge >= 0.3 is 5.97 Å². The Bertz CT molecular complexity index is 1100. The van der Waals surface area contributed by atoms with E-state index in [1.54, 1.807) is 18.3 Å². The third kappa shape index (κ3) is 10.8. The van der Waals surface area contributed by atoms with Gasteiger partial charge in [0.05, 0.1) is 23.7 Å². The first-order valence-corrected chi connectivity index (χ1v) is 17.5. The van der Waals surface area contributed by atoms with Crippen LogP contribution in [-0.2, 0) is 19.1 Å². The van der Waals surface area contributed by atoms with Gasteiger partial charge in [0.15, 0.2) is 0 Å². The van der Waals surface area contributed by atoms with Crippen molar-refractivity contribution in [1.29, 1.82) is 0 Å². The van der Waals surface area contributed by atoms with Crippen LogP contribution < -0.4 is 4.90 Å². The van der Waals surface area contributed by atoms with E-state index in [1.807, 2.05) is 36.4 Å². The minimum absolute atomic E-state index is 0.0628. The molecule has 1 aliphatic rings. The SMILES string of the molecule is CCCCCCCCCCCCCCCCCC1C(=O)N(c2ccccc2)C(=O)C1(CCC(=O)OC)Sc1ccccn1. The number of amides is 2. The first-order valence-electron chi connectivity index (χ1n) is 16.6. The van der Waals surface area contributed by atoms with E-state index in [0.717, 1.165) is 19.3 Å². The van der Waals surface area contributed by atoms with Crippen LogP contribution in [0.3, 0.4) is 0 Å². The fourth-order valence-corrected chi connectivity index (χ4v) is 7.50. The van der Waals surface area contributed by atoms with Crippen molar-refractivity contribution >= 4 is 35.2 Å². The molecule has 0 N–H and O–H groups in total. The average molecular weight is 609 g/mol. The number of hydrogen-bond acceptors (Lipinski definition) is 6. The third-order valence-electron chi connectivity index (χ3n) is 8.61. The average Bonchev–Trinajstić information content (AvgIpc) is 3.23. The van der Waals surface area contributed by atoms with Crippen molar-refractivity contribution in [3.05, 3.63) is 54.7 Å². The standard InChI is InChI=1S/C36H52N2O4S/c1-3-4-5-6-7-8-9-10-11-12-13-14-15-16-20-25-31-34(40)38(30-23-18-17-19-24-30)35(41)36(31,28-27-33(39)42-2)43-32-26-21-22-29-37-32/h17-19,21-24,26,29,31H,3-16,20,25,27-28H2,1-2H3. The van der Waals surface area contributed by atoms with Crippen LogP contribution in [0.2, 0.25) is 0 Å². The number of methoxy groups -OCH3 is 1. The molecule has 2 heterocycles. The number of esters is 1. The summed E-state index contributed by atoms with van der Waals surface area (Å²) in [6.07, 6.45) is 21.7. The fraction of sp³-hybridized carbons (Fsp3) is 0.611. The molecule has 0 bridgehead atoms. The number of carbonyl (C=O) groups is 3. The number of imide groups is 1. The zero-order valence-corrected chi connectivity index (χ0v) is 27.3. The molecule has 2 atom stereocenters. The molecule has 2 unspecified atom stereocenters. The molecule has 2 amide bonds. The summed E-state index contributed by atoms with van der Waals surface area (Å²) < 4.78 is 3.81. The second-order valence-corrected chi connectivity index (χ2v) is 13.2. The fourth-order valence-electron chi connectivity index (χ4n) is 6.12. The molecule has 2 aromatic rings. The van der Waals surface area contributed by atoms with E-state index in [1.165, 1.54) is 101 Å². The maximum atomic E-state index is 14.2. The molecular formula is C36H52N2O4S. The van der Waals surface area contributed by atoms with Crippen molar-refractivity contribution in [2.24, 2.45) is 5.92 Å². The van der Waals surface area contributed by atoms with Crippen molar-refractivity contribution in [2.75, 3.05) is 12.0 Å². The highest BCUT2D eigenvalue weighted by Crippen LogP contribution is 2.50. The molecule has 236 valence electrons. The van der Waals surface area contributed by atoms with Crippen molar-refractivity contribution in [1.82, 2.24) is 4.98 Å². The van der Waals surface area contributed by atoms with Crippen molar-refractivity contribution in [2.45, 2.75) is 132 Å². The normalized spacial score (nSPS) is 18.4. The number of hydrogen-bond donors (Lipinski definition) is 0. The lowest BCUT2D eigenvalue weighted by Crippen LogP contribution is -2.41. The number of para-hydroxylation sites is 1. The van der Waals surface area contributed by atoms with Gasteiger partial charge in [-0.1, -0.05) is 139 Å². The summed E-state index contributed by atoms with van der Waals surface area (Å²) in [5.41, 5.74) is 0.570. The molecule has 0 radical (unpaired) electrons. The topological polar surface area (TPSA) is 76.6 Å². The summed E-state index contributed by atoms with van der Waals surface area (Å²) in [5.74, 6) is -1.38. The number of pyridine rings is 1. The molecule has 1 saturated heterocycles. The minimum atomic E-state index is -1.12. The van der Waals surface area contributed by atoms with Crippen LogP contribution in [0.4, 0.5) is 5.69 Å². The van der Waals surface area contributed by atoms with Gasteiger partial charge in [-0.3, -0.25) is 14.4 Å². The molecule has 1 aromatic heterocycles. The van der Waals surface area contributed by atoms with Gasteiger partial charge in [0.25, 0.3) is 5.91 Å². The molecule has 1 fully saturated rings. The predicted octanol–water partition coefficient (Wildman–Crippen LogP) is 9.32. The summed E-state index contributed by atoms with van der Waals surface area (Å²) >= 11 is 1.33. The van der Waals surface area contributed by atoms with Crippen LogP contribution in [0, 0.1) is 5.92 Å². The largest absolute Gasteiger partial charge is 0.469 e. The molecule has 43 heavy (non-hydrogen) atoms. The van der Waals surface area contributed by atoms with Gasteiger partial charge in [0.1, 0.15) is 4.75 Å². The van der Waals surface area contributed by atoms with Gasteiger partial charge in [-0.25, -0.2) is 9.88 Å². The Morgan fingerprint density at radius 3 is 1.91 bits per heavy atom. The Morgan fingerprint density at radius 2 is 1.37 bits per heavy atom. The number of benzene rings is 1. The summed E-state index contributed by atoms with van der Waals surface area (Å²) in [6.45, 7) is 2.27. The molecule has 0 aliphatic carbocycles. The number of unbranched alkanes of at least 4 members (excludes halogenated alkanes) is 14. The van der Waals surface area contributed by atoms with Gasteiger partial charge in [-0.15, -0.1) is 0 Å². The van der Waals surface area contributed by atoms with E-state index in [4.69, 9.17) is 4.74 Å². The summed E-state index contributed by atoms with van der Waals surface area (Å²) in [4.78, 5) is 46.3. The lowest BCUT2D eigenvalue weighted by molar-refractivity contribution is -0.141. The van der Waals surface area contributed by atoms with Gasteiger partial charge in [0, 0.05) is 12.6 Å². The molecular weight excluding hydrogens is 556 g/mol. The number of aromatic nitrogens is 1. The molecule has 0 spiro atoms. The lowest BCUT2D eigenvalue weighted by atomic mass is 9.85. The van der Waals surface area contributed by atoms with E-state index < -0.39 is 10.7 Å². The first kappa shape index (κ1) is 34.8. The zero-order chi connectivity index (χ0) is 30.8. The van der Waals surface area contributed by atoms with Gasteiger partial charge in [-0.05, 0) is 37.1 Å². The van der Waals surface area contributed by atoms with Crippen LogP contribution in [0.25, 0.3) is 0 Å². The number of ether oxygens (including phenoxy) is 1. The lowest BCUT2D eigenvalue weighted by Gasteiger charge is -2.30. The summed E-state index contributed by atoms with van der Waals surface area (Å²) in [7, 11) is 1.35. The Kier molecular flexibility index (Phi) is 15.9. The van der Waals surface area contributed by atoms with E-state index in [-0.39, 0.29) is 30.6 Å². The van der Waals surface area contributed by atoms with Crippen molar-refractivity contribution < 1.29 is 19.1 Å². The van der Waals surface area contributed by atoms with Crippen molar-refractivity contribution in [3.8, 4) is 0 Å². The highest BCUT2D eigenvalue weighted by Gasteiger charge is 2.60. The maximum Gasteiger partial charge on any atom is 0.305 e. The second-order valence-electron chi connectivity index (χ2n) is 11.8. The Balaban J connectivity index is 1.56. The number of carbonyl (C=O) groups excluding carboxylic acids is 3. The second kappa shape index (κ2) is 19.6. The molecule has 7 heteroatoms. The highest BCUT2D eigenvalue weighted by atomic mass is 32.2. The molecule has 3 rings (SSSR count). The van der Waals surface area contributed by atoms with Crippen LogP contribution in [-0.4, -0.2) is 34.6 Å². The summed E-state index contributed by atoms with van der Waals surface area (Å²) in [6, 6.07) is 14.7. The van der Waals surface area contributed by atoms with Gasteiger partial charge < -0.3 is 4.74 Å². The van der Waals surface area contributed by atoms with E-state index in [9.17, 15) is 14.4 Å². The number of thioether (sulfide) groups is 1. The minimum Gasteiger partial charge on any atom is -0.469 e. The Morgan fingerprint density at radius 1 is 0.814 bits per heavy atom. The maximum absolute atomic E-state index is 14.2. The van der Waals surface area contributed by atoms with Crippen LogP contribution in [0.5, 0.6) is 0 Å². The molecule has 1 aromatic carbocycles. The van der Waals surface area contributed by atoms with Crippen LogP contribution in [0.1, 0.15) is 122 Å². The molecule has 6 nitrogen and oxygen atoms in total. The monoisotopic (exact) mass is 608 g/mol. The van der Waals surface area contributed by atoms with Gasteiger partial charge in [0.2, 0.25) is 5.91 Å². The van der Waals surface area contributed by atoms with E-state index in [2.05, 4.69) is 11.9 Å².